The molecule has 3 aromatic heterocycles. The maximum absolute atomic E-state index is 13.2. The van der Waals surface area contributed by atoms with E-state index in [1.165, 1.54) is 19.2 Å². The van der Waals surface area contributed by atoms with Gasteiger partial charge in [-0.25, -0.2) is 18.9 Å². The molecule has 1 aromatic carbocycles. The predicted octanol–water partition coefficient (Wildman–Crippen LogP) is 2.95. The fraction of sp³-hybridized carbons (Fsp3) is 0.238. The van der Waals surface area contributed by atoms with Crippen molar-refractivity contribution in [2.24, 2.45) is 0 Å². The van der Waals surface area contributed by atoms with Crippen molar-refractivity contribution in [1.82, 2.24) is 24.6 Å². The van der Waals surface area contributed by atoms with Crippen molar-refractivity contribution in [2.45, 2.75) is 5.92 Å². The van der Waals surface area contributed by atoms with Gasteiger partial charge in [0.15, 0.2) is 5.65 Å². The summed E-state index contributed by atoms with van der Waals surface area (Å²) in [5.41, 5.74) is 4.18. The molecular formula is C21H19FN6O2. The van der Waals surface area contributed by atoms with Crippen molar-refractivity contribution in [1.29, 1.82) is 0 Å². The Labute approximate surface area is 171 Å². The molecule has 0 saturated carbocycles. The maximum Gasteiger partial charge on any atom is 0.319 e. The summed E-state index contributed by atoms with van der Waals surface area (Å²) in [5.74, 6) is 0.507. The van der Waals surface area contributed by atoms with E-state index in [0.717, 1.165) is 30.0 Å². The zero-order valence-corrected chi connectivity index (χ0v) is 16.5. The Morgan fingerprint density at radius 3 is 2.60 bits per heavy atom. The van der Waals surface area contributed by atoms with Crippen LogP contribution in [0.1, 0.15) is 11.5 Å². The highest BCUT2D eigenvalue weighted by Crippen LogP contribution is 2.36. The van der Waals surface area contributed by atoms with Crippen molar-refractivity contribution < 1.29 is 13.9 Å². The summed E-state index contributed by atoms with van der Waals surface area (Å²) in [7, 11) is 3.05. The normalized spacial score (nSPS) is 14.0. The SMILES string of the molecule is COc1ncc(-c2cc(N3CC(c4ccc(F)cc4)C3)c3nccn3n2)c(OC)n1. The molecule has 1 aliphatic heterocycles. The van der Waals surface area contributed by atoms with Gasteiger partial charge in [-0.3, -0.25) is 0 Å². The molecule has 4 aromatic rings. The molecule has 0 bridgehead atoms. The Morgan fingerprint density at radius 1 is 1.07 bits per heavy atom. The molecule has 0 amide bonds. The molecule has 152 valence electrons. The number of fused-ring (bicyclic) bond motifs is 1. The van der Waals surface area contributed by atoms with E-state index in [4.69, 9.17) is 9.47 Å². The zero-order valence-electron chi connectivity index (χ0n) is 16.5. The number of anilines is 1. The van der Waals surface area contributed by atoms with Gasteiger partial charge >= 0.3 is 6.01 Å². The Bertz CT molecular complexity index is 1200. The minimum atomic E-state index is -0.219. The molecule has 8 nitrogen and oxygen atoms in total. The number of halogens is 1. The highest BCUT2D eigenvalue weighted by molar-refractivity contribution is 5.77. The first-order chi connectivity index (χ1) is 14.7. The quantitative estimate of drug-likeness (QED) is 0.504. The Balaban J connectivity index is 1.50. The topological polar surface area (TPSA) is 77.7 Å². The van der Waals surface area contributed by atoms with Crippen LogP contribution in [0, 0.1) is 5.82 Å². The van der Waals surface area contributed by atoms with Crippen molar-refractivity contribution in [2.75, 3.05) is 32.2 Å². The highest BCUT2D eigenvalue weighted by Gasteiger charge is 2.30. The van der Waals surface area contributed by atoms with E-state index in [9.17, 15) is 4.39 Å². The van der Waals surface area contributed by atoms with Crippen LogP contribution in [0.3, 0.4) is 0 Å². The maximum atomic E-state index is 13.2. The van der Waals surface area contributed by atoms with E-state index < -0.39 is 0 Å². The molecule has 0 aliphatic carbocycles. The number of imidazole rings is 1. The average molecular weight is 406 g/mol. The van der Waals surface area contributed by atoms with Crippen LogP contribution in [0.25, 0.3) is 16.9 Å². The van der Waals surface area contributed by atoms with E-state index in [0.29, 0.717) is 23.1 Å². The number of benzene rings is 1. The monoisotopic (exact) mass is 406 g/mol. The van der Waals surface area contributed by atoms with Gasteiger partial charge in [-0.1, -0.05) is 12.1 Å². The van der Waals surface area contributed by atoms with Crippen LogP contribution in [0.15, 0.2) is 48.9 Å². The highest BCUT2D eigenvalue weighted by atomic mass is 19.1. The van der Waals surface area contributed by atoms with Gasteiger partial charge in [-0.2, -0.15) is 10.1 Å². The largest absolute Gasteiger partial charge is 0.480 e. The van der Waals surface area contributed by atoms with Crippen molar-refractivity contribution in [3.8, 4) is 23.1 Å². The van der Waals surface area contributed by atoms with Crippen LogP contribution in [0.2, 0.25) is 0 Å². The lowest BCUT2D eigenvalue weighted by molar-refractivity contribution is 0.353. The molecule has 0 atom stereocenters. The molecule has 0 spiro atoms. The first kappa shape index (κ1) is 18.3. The summed E-state index contributed by atoms with van der Waals surface area (Å²) < 4.78 is 25.5. The minimum Gasteiger partial charge on any atom is -0.480 e. The third-order valence-electron chi connectivity index (χ3n) is 5.29. The second kappa shape index (κ2) is 7.25. The molecule has 0 unspecified atom stereocenters. The summed E-state index contributed by atoms with van der Waals surface area (Å²) in [6.07, 6.45) is 5.15. The number of ether oxygens (including phenoxy) is 2. The van der Waals surface area contributed by atoms with Crippen LogP contribution in [-0.2, 0) is 0 Å². The average Bonchev–Trinajstić information content (AvgIpc) is 3.22. The predicted molar refractivity (Wildman–Crippen MR) is 108 cm³/mol. The molecule has 5 rings (SSSR count). The van der Waals surface area contributed by atoms with Gasteiger partial charge in [0.1, 0.15) is 11.5 Å². The van der Waals surface area contributed by atoms with Crippen LogP contribution in [-0.4, -0.2) is 51.9 Å². The molecule has 1 saturated heterocycles. The number of hydrogen-bond donors (Lipinski definition) is 0. The van der Waals surface area contributed by atoms with E-state index in [1.807, 2.05) is 18.2 Å². The molecule has 4 heterocycles. The van der Waals surface area contributed by atoms with Crippen molar-refractivity contribution in [3.05, 3.63) is 60.3 Å². The molecule has 0 N–H and O–H groups in total. The lowest BCUT2D eigenvalue weighted by atomic mass is 9.91. The number of hydrogen-bond acceptors (Lipinski definition) is 7. The number of rotatable bonds is 5. The van der Waals surface area contributed by atoms with Crippen molar-refractivity contribution >= 4 is 11.3 Å². The summed E-state index contributed by atoms with van der Waals surface area (Å²) in [6, 6.07) is 8.90. The van der Waals surface area contributed by atoms with Gasteiger partial charge in [-0.15, -0.1) is 0 Å². The Kier molecular flexibility index (Phi) is 4.42. The van der Waals surface area contributed by atoms with Gasteiger partial charge in [0, 0.05) is 37.6 Å². The first-order valence-corrected chi connectivity index (χ1v) is 9.46. The standard InChI is InChI=1S/C21H19FN6O2/c1-29-20-16(10-24-21(25-20)30-2)17-9-18(19-23-7-8-28(19)26-17)27-11-14(12-27)13-3-5-15(22)6-4-13/h3-10,14H,11-12H2,1-2H3. The third kappa shape index (κ3) is 3.08. The van der Waals surface area contributed by atoms with Gasteiger partial charge in [0.05, 0.1) is 25.5 Å². The second-order valence-electron chi connectivity index (χ2n) is 7.04. The Morgan fingerprint density at radius 2 is 1.87 bits per heavy atom. The molecular weight excluding hydrogens is 387 g/mol. The number of aromatic nitrogens is 5. The summed E-state index contributed by atoms with van der Waals surface area (Å²) in [6.45, 7) is 1.63. The zero-order chi connectivity index (χ0) is 20.7. The van der Waals surface area contributed by atoms with Crippen LogP contribution < -0.4 is 14.4 Å². The van der Waals surface area contributed by atoms with Gasteiger partial charge in [-0.05, 0) is 23.8 Å². The second-order valence-corrected chi connectivity index (χ2v) is 7.04. The summed E-state index contributed by atoms with van der Waals surface area (Å²) >= 11 is 0. The fourth-order valence-corrected chi connectivity index (χ4v) is 3.67. The van der Waals surface area contributed by atoms with Crippen LogP contribution in [0.5, 0.6) is 11.9 Å². The van der Waals surface area contributed by atoms with Gasteiger partial charge in [0.2, 0.25) is 5.88 Å². The lowest BCUT2D eigenvalue weighted by Gasteiger charge is -2.41. The van der Waals surface area contributed by atoms with E-state index >= 15 is 0 Å². The van der Waals surface area contributed by atoms with Crippen LogP contribution >= 0.6 is 0 Å². The molecule has 30 heavy (non-hydrogen) atoms. The van der Waals surface area contributed by atoms with E-state index in [1.54, 1.807) is 30.2 Å². The Hall–Kier alpha value is -3.75. The van der Waals surface area contributed by atoms with E-state index in [-0.39, 0.29) is 11.8 Å². The minimum absolute atomic E-state index is 0.219. The third-order valence-corrected chi connectivity index (χ3v) is 5.29. The van der Waals surface area contributed by atoms with Crippen LogP contribution in [0.4, 0.5) is 10.1 Å². The smallest absolute Gasteiger partial charge is 0.319 e. The lowest BCUT2D eigenvalue weighted by Crippen LogP contribution is -2.45. The van der Waals surface area contributed by atoms with E-state index in [2.05, 4.69) is 25.0 Å². The van der Waals surface area contributed by atoms with Gasteiger partial charge < -0.3 is 14.4 Å². The summed E-state index contributed by atoms with van der Waals surface area (Å²) in [4.78, 5) is 15.1. The first-order valence-electron chi connectivity index (χ1n) is 9.46. The molecule has 0 radical (unpaired) electrons. The van der Waals surface area contributed by atoms with Crippen molar-refractivity contribution in [3.63, 3.8) is 0 Å². The molecule has 1 fully saturated rings. The summed E-state index contributed by atoms with van der Waals surface area (Å²) in [5, 5.41) is 4.64. The number of methoxy groups -OCH3 is 2. The van der Waals surface area contributed by atoms with Gasteiger partial charge in [0.25, 0.3) is 0 Å². The molecule has 1 aliphatic rings. The fourth-order valence-electron chi connectivity index (χ4n) is 3.67. The number of nitrogens with zero attached hydrogens (tertiary/aromatic N) is 6. The molecule has 9 heteroatoms.